The van der Waals surface area contributed by atoms with Crippen molar-refractivity contribution in [3.8, 4) is 0 Å². The number of hydrogen-bond donors (Lipinski definition) is 1. The molecule has 0 aliphatic heterocycles. The number of methoxy groups -OCH3 is 1. The van der Waals surface area contributed by atoms with Crippen LogP contribution in [-0.2, 0) is 32.5 Å². The van der Waals surface area contributed by atoms with Gasteiger partial charge in [-0.25, -0.2) is 12.8 Å². The van der Waals surface area contributed by atoms with Crippen LogP contribution in [0.25, 0.3) is 10.2 Å². The van der Waals surface area contributed by atoms with Gasteiger partial charge < -0.3 is 9.30 Å². The van der Waals surface area contributed by atoms with Crippen molar-refractivity contribution in [2.45, 2.75) is 24.8 Å². The first-order valence-electron chi connectivity index (χ1n) is 10.9. The first-order chi connectivity index (χ1) is 17.2. The van der Waals surface area contributed by atoms with Crippen LogP contribution in [0.5, 0.6) is 0 Å². The number of halogens is 1. The number of benzene rings is 3. The number of aromatic nitrogens is 1. The number of carbonyl (C=O) groups is 2. The summed E-state index contributed by atoms with van der Waals surface area (Å²) in [5, 5.41) is 0. The first kappa shape index (κ1) is 25.3. The number of nitrogens with one attached hydrogen (secondary N) is 1. The Morgan fingerprint density at radius 1 is 1.06 bits per heavy atom. The lowest BCUT2D eigenvalue weighted by atomic mass is 10.2. The van der Waals surface area contributed by atoms with Crippen LogP contribution in [0, 0.1) is 5.82 Å². The molecule has 0 radical (unpaired) electrons. The summed E-state index contributed by atoms with van der Waals surface area (Å²) >= 11 is 1.29. The fourth-order valence-corrected chi connectivity index (χ4v) is 5.58. The van der Waals surface area contributed by atoms with E-state index in [1.807, 2.05) is 25.1 Å². The molecule has 0 spiro atoms. The number of aryl methyl sites for hydroxylation is 1. The number of ether oxygens (including phenoxy) is 1. The zero-order chi connectivity index (χ0) is 25.9. The van der Waals surface area contributed by atoms with Gasteiger partial charge in [-0.05, 0) is 72.6 Å². The van der Waals surface area contributed by atoms with Crippen molar-refractivity contribution in [1.29, 1.82) is 0 Å². The Balaban J connectivity index is 1.62. The monoisotopic (exact) mass is 527 g/mol. The minimum absolute atomic E-state index is 0.0924. The molecule has 0 unspecified atom stereocenters. The van der Waals surface area contributed by atoms with E-state index in [-0.39, 0.29) is 22.7 Å². The molecular formula is C25H22FN3O5S2. The fourth-order valence-electron chi connectivity index (χ4n) is 3.43. The van der Waals surface area contributed by atoms with Crippen molar-refractivity contribution >= 4 is 49.1 Å². The maximum atomic E-state index is 13.1. The molecule has 0 saturated heterocycles. The van der Waals surface area contributed by atoms with Gasteiger partial charge in [-0.2, -0.15) is 4.99 Å². The second-order valence-electron chi connectivity index (χ2n) is 7.76. The Kier molecular flexibility index (Phi) is 7.32. The van der Waals surface area contributed by atoms with Crippen LogP contribution in [0.15, 0.2) is 76.6 Å². The van der Waals surface area contributed by atoms with E-state index in [1.54, 1.807) is 4.57 Å². The van der Waals surface area contributed by atoms with Gasteiger partial charge in [-0.15, -0.1) is 0 Å². The third-order valence-electron chi connectivity index (χ3n) is 5.38. The molecule has 4 aromatic rings. The van der Waals surface area contributed by atoms with Crippen molar-refractivity contribution in [3.63, 3.8) is 0 Å². The second-order valence-corrected chi connectivity index (χ2v) is 10.4. The van der Waals surface area contributed by atoms with E-state index in [1.165, 1.54) is 42.7 Å². The highest BCUT2D eigenvalue weighted by Crippen LogP contribution is 2.21. The minimum Gasteiger partial charge on any atom is -0.468 e. The highest BCUT2D eigenvalue weighted by molar-refractivity contribution is 7.92. The fraction of sp³-hybridized carbons (Fsp3) is 0.160. The van der Waals surface area contributed by atoms with Crippen molar-refractivity contribution < 1.29 is 27.1 Å². The molecule has 1 amide bonds. The number of nitrogens with zero attached hydrogens (tertiary/aromatic N) is 2. The Morgan fingerprint density at radius 2 is 1.75 bits per heavy atom. The van der Waals surface area contributed by atoms with Crippen molar-refractivity contribution in [2.75, 3.05) is 11.8 Å². The maximum Gasteiger partial charge on any atom is 0.325 e. The SMILES string of the molecule is CCc1ccc2c(c1)sc(=NC(=O)c1ccc(NS(=O)(=O)c3ccc(F)cc3)cc1)n2CC(=O)OC. The first-order valence-corrected chi connectivity index (χ1v) is 13.2. The summed E-state index contributed by atoms with van der Waals surface area (Å²) in [6, 6.07) is 16.0. The smallest absolute Gasteiger partial charge is 0.325 e. The van der Waals surface area contributed by atoms with Gasteiger partial charge in [0, 0.05) is 11.3 Å². The number of rotatable bonds is 7. The third-order valence-corrected chi connectivity index (χ3v) is 7.81. The molecule has 36 heavy (non-hydrogen) atoms. The molecule has 0 saturated carbocycles. The van der Waals surface area contributed by atoms with Crippen LogP contribution in [0.3, 0.4) is 0 Å². The molecule has 0 atom stereocenters. The van der Waals surface area contributed by atoms with Gasteiger partial charge in [-0.1, -0.05) is 24.3 Å². The van der Waals surface area contributed by atoms with E-state index < -0.39 is 27.7 Å². The molecule has 1 heterocycles. The Morgan fingerprint density at radius 3 is 2.39 bits per heavy atom. The van der Waals surface area contributed by atoms with Crippen LogP contribution in [0.1, 0.15) is 22.8 Å². The van der Waals surface area contributed by atoms with Gasteiger partial charge in [0.2, 0.25) is 0 Å². The zero-order valence-electron chi connectivity index (χ0n) is 19.4. The molecule has 0 aliphatic carbocycles. The molecule has 1 N–H and O–H groups in total. The number of fused-ring (bicyclic) bond motifs is 1. The second kappa shape index (κ2) is 10.4. The lowest BCUT2D eigenvalue weighted by molar-refractivity contribution is -0.141. The largest absolute Gasteiger partial charge is 0.468 e. The Hall–Kier alpha value is -3.83. The predicted octanol–water partition coefficient (Wildman–Crippen LogP) is 4.12. The third kappa shape index (κ3) is 5.52. The van der Waals surface area contributed by atoms with E-state index in [2.05, 4.69) is 9.71 Å². The molecular weight excluding hydrogens is 505 g/mol. The predicted molar refractivity (Wildman–Crippen MR) is 135 cm³/mol. The van der Waals surface area contributed by atoms with Gasteiger partial charge in [0.1, 0.15) is 12.4 Å². The van der Waals surface area contributed by atoms with Crippen molar-refractivity contribution in [1.82, 2.24) is 4.57 Å². The Bertz CT molecular complexity index is 1610. The van der Waals surface area contributed by atoms with Crippen LogP contribution in [-0.4, -0.2) is 32.0 Å². The highest BCUT2D eigenvalue weighted by atomic mass is 32.2. The lowest BCUT2D eigenvalue weighted by Gasteiger charge is -2.08. The number of anilines is 1. The number of sulfonamides is 1. The molecule has 1 aromatic heterocycles. The number of thiazole rings is 1. The number of hydrogen-bond acceptors (Lipinski definition) is 6. The van der Waals surface area contributed by atoms with Gasteiger partial charge in [0.25, 0.3) is 15.9 Å². The quantitative estimate of drug-likeness (QED) is 0.364. The van der Waals surface area contributed by atoms with E-state index >= 15 is 0 Å². The van der Waals surface area contributed by atoms with Crippen molar-refractivity contribution in [2.24, 2.45) is 4.99 Å². The standard InChI is InChI=1S/C25H22FN3O5S2/c1-3-16-4-13-21-22(14-16)35-25(29(21)15-23(30)34-2)27-24(31)17-5-9-19(10-6-17)28-36(32,33)20-11-7-18(26)8-12-20/h4-14,28H,3,15H2,1-2H3. The molecule has 186 valence electrons. The average molecular weight is 528 g/mol. The summed E-state index contributed by atoms with van der Waals surface area (Å²) in [5.41, 5.74) is 2.34. The summed E-state index contributed by atoms with van der Waals surface area (Å²) in [5.74, 6) is -1.57. The normalized spacial score (nSPS) is 12.0. The molecule has 0 fully saturated rings. The molecule has 11 heteroatoms. The van der Waals surface area contributed by atoms with Crippen LogP contribution >= 0.6 is 11.3 Å². The number of carbonyl (C=O) groups excluding carboxylic acids is 2. The van der Waals surface area contributed by atoms with Crippen LogP contribution < -0.4 is 9.52 Å². The molecule has 4 rings (SSSR count). The van der Waals surface area contributed by atoms with Crippen LogP contribution in [0.2, 0.25) is 0 Å². The molecule has 0 aliphatic rings. The molecule has 3 aromatic carbocycles. The summed E-state index contributed by atoms with van der Waals surface area (Å²) in [6.45, 7) is 1.94. The summed E-state index contributed by atoms with van der Waals surface area (Å²) in [6.07, 6.45) is 0.841. The Labute approximate surface area is 210 Å². The maximum absolute atomic E-state index is 13.1. The van der Waals surface area contributed by atoms with Gasteiger partial charge >= 0.3 is 5.97 Å². The minimum atomic E-state index is -3.92. The highest BCUT2D eigenvalue weighted by Gasteiger charge is 2.16. The summed E-state index contributed by atoms with van der Waals surface area (Å²) < 4.78 is 47.8. The zero-order valence-corrected chi connectivity index (χ0v) is 21.0. The number of amides is 1. The van der Waals surface area contributed by atoms with Gasteiger partial charge in [0.15, 0.2) is 4.80 Å². The molecule has 8 nitrogen and oxygen atoms in total. The van der Waals surface area contributed by atoms with E-state index in [4.69, 9.17) is 4.74 Å². The van der Waals surface area contributed by atoms with E-state index in [0.717, 1.165) is 46.5 Å². The van der Waals surface area contributed by atoms with E-state index in [9.17, 15) is 22.4 Å². The summed E-state index contributed by atoms with van der Waals surface area (Å²) in [4.78, 5) is 29.4. The lowest BCUT2D eigenvalue weighted by Crippen LogP contribution is -2.22. The average Bonchev–Trinajstić information content (AvgIpc) is 3.19. The number of esters is 1. The van der Waals surface area contributed by atoms with Gasteiger partial charge in [-0.3, -0.25) is 14.3 Å². The topological polar surface area (TPSA) is 107 Å². The van der Waals surface area contributed by atoms with Gasteiger partial charge in [0.05, 0.1) is 22.2 Å². The summed E-state index contributed by atoms with van der Waals surface area (Å²) in [7, 11) is -2.63. The van der Waals surface area contributed by atoms with E-state index in [0.29, 0.717) is 4.80 Å². The van der Waals surface area contributed by atoms with Crippen LogP contribution in [0.4, 0.5) is 10.1 Å². The molecule has 0 bridgehead atoms. The van der Waals surface area contributed by atoms with Crippen molar-refractivity contribution in [3.05, 3.63) is 88.5 Å².